The highest BCUT2D eigenvalue weighted by Crippen LogP contribution is 2.17. The van der Waals surface area contributed by atoms with E-state index < -0.39 is 0 Å². The molecule has 0 aromatic rings. The van der Waals surface area contributed by atoms with Gasteiger partial charge in [0.2, 0.25) is 0 Å². The maximum absolute atomic E-state index is 5.50. The molecule has 0 aromatic carbocycles. The standard InChI is InChI=1S/C10H17NO/c1-3-9(11-2)6-7-10-5-4-8-12-10/h1,9-11H,4-8H2,2H3. The van der Waals surface area contributed by atoms with E-state index >= 15 is 0 Å². The molecule has 2 atom stereocenters. The first kappa shape index (κ1) is 9.57. The minimum Gasteiger partial charge on any atom is -0.378 e. The summed E-state index contributed by atoms with van der Waals surface area (Å²) in [6.45, 7) is 0.935. The molecule has 1 aliphatic heterocycles. The zero-order chi connectivity index (χ0) is 8.81. The molecule has 68 valence electrons. The Morgan fingerprint density at radius 3 is 3.08 bits per heavy atom. The third kappa shape index (κ3) is 2.84. The topological polar surface area (TPSA) is 21.3 Å². The summed E-state index contributed by atoms with van der Waals surface area (Å²) >= 11 is 0. The van der Waals surface area contributed by atoms with Crippen LogP contribution < -0.4 is 5.32 Å². The Bertz CT molecular complexity index is 156. The van der Waals surface area contributed by atoms with Gasteiger partial charge in [0.05, 0.1) is 12.1 Å². The zero-order valence-corrected chi connectivity index (χ0v) is 7.68. The van der Waals surface area contributed by atoms with E-state index in [2.05, 4.69) is 11.2 Å². The van der Waals surface area contributed by atoms with Crippen molar-refractivity contribution in [2.24, 2.45) is 0 Å². The lowest BCUT2D eigenvalue weighted by molar-refractivity contribution is 0.101. The molecule has 1 heterocycles. The number of nitrogens with one attached hydrogen (secondary N) is 1. The second-order valence-electron chi connectivity index (χ2n) is 3.22. The van der Waals surface area contributed by atoms with Crippen LogP contribution in [0.3, 0.4) is 0 Å². The molecule has 2 unspecified atom stereocenters. The maximum Gasteiger partial charge on any atom is 0.0685 e. The van der Waals surface area contributed by atoms with Gasteiger partial charge in [0.1, 0.15) is 0 Å². The largest absolute Gasteiger partial charge is 0.378 e. The average Bonchev–Trinajstić information content (AvgIpc) is 2.59. The normalized spacial score (nSPS) is 25.2. The summed E-state index contributed by atoms with van der Waals surface area (Å²) in [4.78, 5) is 0. The van der Waals surface area contributed by atoms with E-state index in [9.17, 15) is 0 Å². The maximum atomic E-state index is 5.50. The zero-order valence-electron chi connectivity index (χ0n) is 7.68. The highest BCUT2D eigenvalue weighted by Gasteiger charge is 2.16. The second-order valence-corrected chi connectivity index (χ2v) is 3.22. The Morgan fingerprint density at radius 1 is 1.75 bits per heavy atom. The first-order valence-electron chi connectivity index (χ1n) is 4.62. The highest BCUT2D eigenvalue weighted by atomic mass is 16.5. The first-order chi connectivity index (χ1) is 5.86. The molecule has 1 aliphatic rings. The molecule has 1 saturated heterocycles. The van der Waals surface area contributed by atoms with E-state index in [0.717, 1.165) is 19.4 Å². The predicted molar refractivity (Wildman–Crippen MR) is 49.9 cm³/mol. The van der Waals surface area contributed by atoms with Gasteiger partial charge in [0.25, 0.3) is 0 Å². The van der Waals surface area contributed by atoms with Crippen molar-refractivity contribution in [3.05, 3.63) is 0 Å². The van der Waals surface area contributed by atoms with Gasteiger partial charge in [-0.3, -0.25) is 0 Å². The molecule has 0 aliphatic carbocycles. The van der Waals surface area contributed by atoms with Gasteiger partial charge in [-0.15, -0.1) is 6.42 Å². The molecule has 0 amide bonds. The lowest BCUT2D eigenvalue weighted by Crippen LogP contribution is -2.24. The number of ether oxygens (including phenoxy) is 1. The molecule has 0 aromatic heterocycles. The highest BCUT2D eigenvalue weighted by molar-refractivity contribution is 4.98. The van der Waals surface area contributed by atoms with Crippen LogP contribution in [-0.2, 0) is 4.74 Å². The van der Waals surface area contributed by atoms with Crippen molar-refractivity contribution in [1.29, 1.82) is 0 Å². The van der Waals surface area contributed by atoms with Crippen LogP contribution in [0.25, 0.3) is 0 Å². The van der Waals surface area contributed by atoms with E-state index in [-0.39, 0.29) is 6.04 Å². The summed E-state index contributed by atoms with van der Waals surface area (Å²) in [7, 11) is 1.90. The molecule has 1 N–H and O–H groups in total. The third-order valence-electron chi connectivity index (χ3n) is 2.35. The summed E-state index contributed by atoms with van der Waals surface area (Å²) in [5.74, 6) is 2.71. The molecule has 1 rings (SSSR count). The van der Waals surface area contributed by atoms with Crippen molar-refractivity contribution in [3.63, 3.8) is 0 Å². The van der Waals surface area contributed by atoms with Crippen molar-refractivity contribution in [2.45, 2.75) is 37.8 Å². The quantitative estimate of drug-likeness (QED) is 0.635. The molecular formula is C10H17NO. The van der Waals surface area contributed by atoms with Crippen LogP contribution in [0.2, 0.25) is 0 Å². The molecule has 2 nitrogen and oxygen atoms in total. The van der Waals surface area contributed by atoms with Crippen LogP contribution in [0.15, 0.2) is 0 Å². The number of rotatable bonds is 4. The van der Waals surface area contributed by atoms with Gasteiger partial charge < -0.3 is 10.1 Å². The summed E-state index contributed by atoms with van der Waals surface area (Å²) < 4.78 is 5.50. The van der Waals surface area contributed by atoms with Crippen LogP contribution in [0.1, 0.15) is 25.7 Å². The smallest absolute Gasteiger partial charge is 0.0685 e. The molecule has 1 fully saturated rings. The Morgan fingerprint density at radius 2 is 2.58 bits per heavy atom. The van der Waals surface area contributed by atoms with Gasteiger partial charge in [-0.2, -0.15) is 0 Å². The lowest BCUT2D eigenvalue weighted by atomic mass is 10.1. The van der Waals surface area contributed by atoms with Crippen molar-refractivity contribution >= 4 is 0 Å². The van der Waals surface area contributed by atoms with E-state index in [4.69, 9.17) is 11.2 Å². The third-order valence-corrected chi connectivity index (χ3v) is 2.35. The minimum atomic E-state index is 0.217. The molecule has 0 saturated carbocycles. The number of terminal acetylenes is 1. The van der Waals surface area contributed by atoms with Crippen LogP contribution in [-0.4, -0.2) is 25.8 Å². The van der Waals surface area contributed by atoms with E-state index in [0.29, 0.717) is 6.10 Å². The lowest BCUT2D eigenvalue weighted by Gasteiger charge is -2.12. The van der Waals surface area contributed by atoms with Crippen LogP contribution in [0, 0.1) is 12.3 Å². The first-order valence-corrected chi connectivity index (χ1v) is 4.62. The summed E-state index contributed by atoms with van der Waals surface area (Å²) in [6, 6.07) is 0.217. The molecule has 0 radical (unpaired) electrons. The predicted octanol–water partition coefficient (Wildman–Crippen LogP) is 1.17. The fraction of sp³-hybridized carbons (Fsp3) is 0.800. The molecule has 2 heteroatoms. The molecular weight excluding hydrogens is 150 g/mol. The van der Waals surface area contributed by atoms with Gasteiger partial charge in [0.15, 0.2) is 0 Å². The Labute approximate surface area is 74.7 Å². The van der Waals surface area contributed by atoms with Gasteiger partial charge in [-0.1, -0.05) is 5.92 Å². The fourth-order valence-corrected chi connectivity index (χ4v) is 1.54. The Hall–Kier alpha value is -0.520. The summed E-state index contributed by atoms with van der Waals surface area (Å²) in [5, 5.41) is 3.08. The fourth-order valence-electron chi connectivity index (χ4n) is 1.54. The van der Waals surface area contributed by atoms with Crippen LogP contribution in [0.5, 0.6) is 0 Å². The van der Waals surface area contributed by atoms with Crippen LogP contribution >= 0.6 is 0 Å². The Balaban J connectivity index is 2.11. The minimum absolute atomic E-state index is 0.217. The van der Waals surface area contributed by atoms with Gasteiger partial charge >= 0.3 is 0 Å². The van der Waals surface area contributed by atoms with Gasteiger partial charge in [-0.25, -0.2) is 0 Å². The molecule has 12 heavy (non-hydrogen) atoms. The molecule has 0 spiro atoms. The molecule has 0 bridgehead atoms. The van der Waals surface area contributed by atoms with Crippen molar-refractivity contribution in [1.82, 2.24) is 5.32 Å². The van der Waals surface area contributed by atoms with E-state index in [1.165, 1.54) is 12.8 Å². The second kappa shape index (κ2) is 5.18. The van der Waals surface area contributed by atoms with Crippen molar-refractivity contribution in [2.75, 3.05) is 13.7 Å². The summed E-state index contributed by atoms with van der Waals surface area (Å²) in [6.07, 6.45) is 10.3. The average molecular weight is 167 g/mol. The van der Waals surface area contributed by atoms with Crippen molar-refractivity contribution in [3.8, 4) is 12.3 Å². The SMILES string of the molecule is C#CC(CCC1CCCO1)NC. The van der Waals surface area contributed by atoms with Gasteiger partial charge in [0, 0.05) is 6.61 Å². The number of hydrogen-bond donors (Lipinski definition) is 1. The van der Waals surface area contributed by atoms with E-state index in [1.807, 2.05) is 7.05 Å². The monoisotopic (exact) mass is 167 g/mol. The number of hydrogen-bond acceptors (Lipinski definition) is 2. The van der Waals surface area contributed by atoms with E-state index in [1.54, 1.807) is 0 Å². The van der Waals surface area contributed by atoms with Crippen molar-refractivity contribution < 1.29 is 4.74 Å². The summed E-state index contributed by atoms with van der Waals surface area (Å²) in [5.41, 5.74) is 0. The Kier molecular flexibility index (Phi) is 4.13. The van der Waals surface area contributed by atoms with Gasteiger partial charge in [-0.05, 0) is 32.7 Å². The van der Waals surface area contributed by atoms with Crippen LogP contribution in [0.4, 0.5) is 0 Å².